The van der Waals surface area contributed by atoms with Crippen molar-refractivity contribution in [3.05, 3.63) is 0 Å². The smallest absolute Gasteiger partial charge is 0.410 e. The third-order valence-corrected chi connectivity index (χ3v) is 5.71. The van der Waals surface area contributed by atoms with Crippen molar-refractivity contribution in [1.29, 1.82) is 0 Å². The van der Waals surface area contributed by atoms with E-state index in [4.69, 9.17) is 9.47 Å². The minimum absolute atomic E-state index is 0.225. The second kappa shape index (κ2) is 7.08. The van der Waals surface area contributed by atoms with Gasteiger partial charge in [-0.1, -0.05) is 22.4 Å². The van der Waals surface area contributed by atoms with Gasteiger partial charge in [0.2, 0.25) is 0 Å². The molecular weight excluding hydrogens is 346 g/mol. The van der Waals surface area contributed by atoms with E-state index in [9.17, 15) is 4.79 Å². The van der Waals surface area contributed by atoms with E-state index in [1.165, 1.54) is 19.3 Å². The first kappa shape index (κ1) is 18.1. The molecule has 4 nitrogen and oxygen atoms in total. The van der Waals surface area contributed by atoms with Crippen LogP contribution >= 0.6 is 15.9 Å². The van der Waals surface area contributed by atoms with Crippen LogP contribution in [-0.2, 0) is 9.47 Å². The maximum Gasteiger partial charge on any atom is 0.410 e. The number of amides is 1. The predicted octanol–water partition coefficient (Wildman–Crippen LogP) is 4.36. The van der Waals surface area contributed by atoms with Crippen LogP contribution in [0.25, 0.3) is 0 Å². The van der Waals surface area contributed by atoms with Gasteiger partial charge in [0.05, 0.1) is 18.2 Å². The van der Waals surface area contributed by atoms with Crippen LogP contribution in [0, 0.1) is 5.92 Å². The molecule has 0 radical (unpaired) electrons. The zero-order valence-electron chi connectivity index (χ0n) is 14.4. The zero-order chi connectivity index (χ0) is 16.4. The number of likely N-dealkylation sites (tertiary alicyclic amines) is 1. The van der Waals surface area contributed by atoms with Crippen molar-refractivity contribution < 1.29 is 14.3 Å². The lowest BCUT2D eigenvalue weighted by atomic mass is 9.81. The number of piperidine rings is 1. The van der Waals surface area contributed by atoms with Crippen LogP contribution in [0.15, 0.2) is 0 Å². The number of halogens is 1. The van der Waals surface area contributed by atoms with Crippen molar-refractivity contribution in [2.75, 3.05) is 18.4 Å². The fourth-order valence-electron chi connectivity index (χ4n) is 3.22. The Morgan fingerprint density at radius 3 is 2.55 bits per heavy atom. The van der Waals surface area contributed by atoms with Gasteiger partial charge in [0, 0.05) is 11.9 Å². The minimum Gasteiger partial charge on any atom is -0.444 e. The lowest BCUT2D eigenvalue weighted by Crippen LogP contribution is -2.55. The summed E-state index contributed by atoms with van der Waals surface area (Å²) < 4.78 is 12.0. The van der Waals surface area contributed by atoms with Gasteiger partial charge in [-0.2, -0.15) is 0 Å². The summed E-state index contributed by atoms with van der Waals surface area (Å²) in [4.78, 5) is 14.1. The molecule has 2 aliphatic rings. The largest absolute Gasteiger partial charge is 0.444 e. The van der Waals surface area contributed by atoms with Gasteiger partial charge < -0.3 is 14.4 Å². The second-order valence-electron chi connectivity index (χ2n) is 7.84. The molecule has 128 valence electrons. The SMILES string of the molecule is CC(OC1(CBr)CCCN(C(=O)OC(C)(C)C)C1)C1CCC1. The first-order chi connectivity index (χ1) is 10.2. The molecule has 0 spiro atoms. The van der Waals surface area contributed by atoms with Gasteiger partial charge in [-0.15, -0.1) is 0 Å². The molecule has 22 heavy (non-hydrogen) atoms. The summed E-state index contributed by atoms with van der Waals surface area (Å²) in [5.41, 5.74) is -0.726. The lowest BCUT2D eigenvalue weighted by Gasteiger charge is -2.45. The average Bonchev–Trinajstić information content (AvgIpc) is 2.34. The number of nitrogens with zero attached hydrogens (tertiary/aromatic N) is 1. The summed E-state index contributed by atoms with van der Waals surface area (Å²) >= 11 is 3.62. The molecule has 1 amide bonds. The number of carbonyl (C=O) groups is 1. The van der Waals surface area contributed by atoms with E-state index in [0.717, 1.165) is 24.7 Å². The van der Waals surface area contributed by atoms with Crippen molar-refractivity contribution >= 4 is 22.0 Å². The molecule has 1 saturated carbocycles. The van der Waals surface area contributed by atoms with Gasteiger partial charge in [-0.25, -0.2) is 4.79 Å². The van der Waals surface area contributed by atoms with E-state index in [2.05, 4.69) is 22.9 Å². The normalized spacial score (nSPS) is 28.1. The van der Waals surface area contributed by atoms with Gasteiger partial charge in [-0.3, -0.25) is 0 Å². The van der Waals surface area contributed by atoms with E-state index < -0.39 is 5.60 Å². The van der Waals surface area contributed by atoms with E-state index in [-0.39, 0.29) is 17.8 Å². The summed E-state index contributed by atoms with van der Waals surface area (Å²) in [6.45, 7) is 9.26. The third-order valence-electron chi connectivity index (χ3n) is 4.68. The molecular formula is C17H30BrNO3. The fraction of sp³-hybridized carbons (Fsp3) is 0.941. The fourth-order valence-corrected chi connectivity index (χ4v) is 3.81. The molecule has 2 fully saturated rings. The van der Waals surface area contributed by atoms with Crippen LogP contribution < -0.4 is 0 Å². The van der Waals surface area contributed by atoms with Gasteiger partial charge >= 0.3 is 6.09 Å². The maximum atomic E-state index is 12.3. The summed E-state index contributed by atoms with van der Waals surface area (Å²) in [7, 11) is 0. The van der Waals surface area contributed by atoms with E-state index in [1.54, 1.807) is 0 Å². The van der Waals surface area contributed by atoms with E-state index in [1.807, 2.05) is 25.7 Å². The molecule has 2 rings (SSSR count). The number of hydrogen-bond donors (Lipinski definition) is 0. The molecule has 2 atom stereocenters. The average molecular weight is 376 g/mol. The first-order valence-corrected chi connectivity index (χ1v) is 9.58. The first-order valence-electron chi connectivity index (χ1n) is 8.46. The molecule has 1 saturated heterocycles. The number of carbonyl (C=O) groups excluding carboxylic acids is 1. The lowest BCUT2D eigenvalue weighted by molar-refractivity contribution is -0.132. The Balaban J connectivity index is 1.97. The number of alkyl halides is 1. The second-order valence-corrected chi connectivity index (χ2v) is 8.40. The highest BCUT2D eigenvalue weighted by atomic mass is 79.9. The van der Waals surface area contributed by atoms with Gasteiger partial charge in [-0.05, 0) is 59.3 Å². The van der Waals surface area contributed by atoms with Gasteiger partial charge in [0.25, 0.3) is 0 Å². The Morgan fingerprint density at radius 1 is 1.36 bits per heavy atom. The van der Waals surface area contributed by atoms with Gasteiger partial charge in [0.15, 0.2) is 0 Å². The van der Waals surface area contributed by atoms with E-state index >= 15 is 0 Å². The minimum atomic E-state index is -0.453. The summed E-state index contributed by atoms with van der Waals surface area (Å²) in [6, 6.07) is 0. The highest BCUT2D eigenvalue weighted by Gasteiger charge is 2.41. The highest BCUT2D eigenvalue weighted by Crippen LogP contribution is 2.36. The quantitative estimate of drug-likeness (QED) is 0.685. The standard InChI is InChI=1S/C17H30BrNO3/c1-13(14-7-5-8-14)21-17(11-18)9-6-10-19(12-17)15(20)22-16(2,3)4/h13-14H,5-12H2,1-4H3. The predicted molar refractivity (Wildman–Crippen MR) is 91.5 cm³/mol. The molecule has 1 aliphatic carbocycles. The number of ether oxygens (including phenoxy) is 2. The number of rotatable bonds is 4. The Kier molecular flexibility index (Phi) is 5.81. The molecule has 5 heteroatoms. The Hall–Kier alpha value is -0.290. The molecule has 0 aromatic carbocycles. The maximum absolute atomic E-state index is 12.3. The highest BCUT2D eigenvalue weighted by molar-refractivity contribution is 9.09. The molecule has 0 bridgehead atoms. The molecule has 1 heterocycles. The summed E-state index contributed by atoms with van der Waals surface area (Å²) in [6.07, 6.45) is 5.87. The van der Waals surface area contributed by atoms with Crippen LogP contribution in [0.1, 0.15) is 59.8 Å². The van der Waals surface area contributed by atoms with Crippen LogP contribution in [0.2, 0.25) is 0 Å². The monoisotopic (exact) mass is 375 g/mol. The van der Waals surface area contributed by atoms with Crippen LogP contribution in [0.3, 0.4) is 0 Å². The van der Waals surface area contributed by atoms with Crippen molar-refractivity contribution in [1.82, 2.24) is 4.90 Å². The van der Waals surface area contributed by atoms with Crippen molar-refractivity contribution in [3.8, 4) is 0 Å². The molecule has 0 N–H and O–H groups in total. The Labute approximate surface area is 143 Å². The van der Waals surface area contributed by atoms with Crippen LogP contribution in [0.4, 0.5) is 4.79 Å². The van der Waals surface area contributed by atoms with Crippen molar-refractivity contribution in [2.24, 2.45) is 5.92 Å². The van der Waals surface area contributed by atoms with Gasteiger partial charge in [0.1, 0.15) is 5.60 Å². The Bertz CT molecular complexity index is 392. The molecule has 0 aromatic heterocycles. The topological polar surface area (TPSA) is 38.8 Å². The van der Waals surface area contributed by atoms with Crippen LogP contribution in [0.5, 0.6) is 0 Å². The summed E-state index contributed by atoms with van der Waals surface area (Å²) in [5, 5.41) is 0.760. The molecule has 1 aliphatic heterocycles. The van der Waals surface area contributed by atoms with Crippen molar-refractivity contribution in [2.45, 2.75) is 77.1 Å². The van der Waals surface area contributed by atoms with Crippen LogP contribution in [-0.4, -0.2) is 46.7 Å². The zero-order valence-corrected chi connectivity index (χ0v) is 15.9. The number of hydrogen-bond acceptors (Lipinski definition) is 3. The Morgan fingerprint density at radius 2 is 2.05 bits per heavy atom. The third kappa shape index (κ3) is 4.60. The van der Waals surface area contributed by atoms with E-state index in [0.29, 0.717) is 12.5 Å². The molecule has 0 aromatic rings. The summed E-state index contributed by atoms with van der Waals surface area (Å²) in [5.74, 6) is 0.688. The molecule has 2 unspecified atom stereocenters. The van der Waals surface area contributed by atoms with Crippen molar-refractivity contribution in [3.63, 3.8) is 0 Å².